The zero-order chi connectivity index (χ0) is 12.7. The lowest BCUT2D eigenvalue weighted by Gasteiger charge is -2.23. The van der Waals surface area contributed by atoms with Crippen molar-refractivity contribution in [1.29, 1.82) is 0 Å². The van der Waals surface area contributed by atoms with Crippen molar-refractivity contribution in [2.75, 3.05) is 39.0 Å². The van der Waals surface area contributed by atoms with Crippen LogP contribution in [0.4, 0.5) is 5.69 Å². The summed E-state index contributed by atoms with van der Waals surface area (Å²) in [5.74, 6) is 0. The van der Waals surface area contributed by atoms with E-state index < -0.39 is 0 Å². The largest absolute Gasteiger partial charge is 0.398 e. The lowest BCUT2D eigenvalue weighted by Crippen LogP contribution is -2.32. The molecule has 17 heavy (non-hydrogen) atoms. The summed E-state index contributed by atoms with van der Waals surface area (Å²) in [5, 5.41) is 0. The van der Waals surface area contributed by atoms with E-state index in [2.05, 4.69) is 36.8 Å². The molecule has 0 radical (unpaired) electrons. The highest BCUT2D eigenvalue weighted by atomic mass is 15.2. The number of nitrogens with two attached hydrogens (primary N) is 1. The van der Waals surface area contributed by atoms with Gasteiger partial charge >= 0.3 is 0 Å². The first-order valence-electron chi connectivity index (χ1n) is 6.41. The molecule has 0 atom stereocenters. The van der Waals surface area contributed by atoms with E-state index in [0.717, 1.165) is 38.4 Å². The van der Waals surface area contributed by atoms with Crippen LogP contribution in [0.25, 0.3) is 0 Å². The number of likely N-dealkylation sites (N-methyl/N-ethyl adjacent to an activating group) is 2. The highest BCUT2D eigenvalue weighted by Crippen LogP contribution is 2.12. The first-order chi connectivity index (χ1) is 8.17. The Bertz CT molecular complexity index is 321. The molecule has 0 amide bonds. The predicted molar refractivity (Wildman–Crippen MR) is 75.0 cm³/mol. The summed E-state index contributed by atoms with van der Waals surface area (Å²) in [7, 11) is 2.15. The highest BCUT2D eigenvalue weighted by molar-refractivity contribution is 5.46. The first kappa shape index (κ1) is 14.0. The van der Waals surface area contributed by atoms with Gasteiger partial charge in [0.05, 0.1) is 0 Å². The SMILES string of the molecule is CCN(CC)CCN(C)Cc1ccccc1N. The number of nitrogens with zero attached hydrogens (tertiary/aromatic N) is 2. The zero-order valence-electron chi connectivity index (χ0n) is 11.3. The van der Waals surface area contributed by atoms with E-state index in [9.17, 15) is 0 Å². The van der Waals surface area contributed by atoms with Gasteiger partial charge in [-0.1, -0.05) is 32.0 Å². The highest BCUT2D eigenvalue weighted by Gasteiger charge is 2.05. The summed E-state index contributed by atoms with van der Waals surface area (Å²) in [6.07, 6.45) is 0. The van der Waals surface area contributed by atoms with E-state index in [1.54, 1.807) is 0 Å². The van der Waals surface area contributed by atoms with E-state index in [4.69, 9.17) is 5.73 Å². The fraction of sp³-hybridized carbons (Fsp3) is 0.571. The third-order valence-corrected chi connectivity index (χ3v) is 3.19. The Balaban J connectivity index is 2.39. The number of para-hydroxylation sites is 1. The number of hydrogen-bond donors (Lipinski definition) is 1. The van der Waals surface area contributed by atoms with Gasteiger partial charge in [0.2, 0.25) is 0 Å². The minimum Gasteiger partial charge on any atom is -0.398 e. The van der Waals surface area contributed by atoms with Crippen molar-refractivity contribution in [3.05, 3.63) is 29.8 Å². The molecular weight excluding hydrogens is 210 g/mol. The molecule has 1 aromatic rings. The Morgan fingerprint density at radius 1 is 1.06 bits per heavy atom. The van der Waals surface area contributed by atoms with E-state index in [0.29, 0.717) is 0 Å². The van der Waals surface area contributed by atoms with Gasteiger partial charge in [-0.2, -0.15) is 0 Å². The molecule has 0 aliphatic rings. The van der Waals surface area contributed by atoms with E-state index in [1.165, 1.54) is 5.56 Å². The molecule has 0 heterocycles. The van der Waals surface area contributed by atoms with Crippen LogP contribution in [-0.4, -0.2) is 43.0 Å². The van der Waals surface area contributed by atoms with Crippen LogP contribution in [0.3, 0.4) is 0 Å². The third kappa shape index (κ3) is 4.75. The molecule has 0 bridgehead atoms. The summed E-state index contributed by atoms with van der Waals surface area (Å²) in [5.41, 5.74) is 8.05. The van der Waals surface area contributed by atoms with Gasteiger partial charge in [-0.3, -0.25) is 0 Å². The average Bonchev–Trinajstić information content (AvgIpc) is 2.33. The maximum atomic E-state index is 5.94. The van der Waals surface area contributed by atoms with Crippen LogP contribution in [0, 0.1) is 0 Å². The standard InChI is InChI=1S/C14H25N3/c1-4-17(5-2)11-10-16(3)12-13-8-6-7-9-14(13)15/h6-9H,4-5,10-12,15H2,1-3H3. The van der Waals surface area contributed by atoms with Crippen LogP contribution in [0.1, 0.15) is 19.4 Å². The fourth-order valence-corrected chi connectivity index (χ4v) is 1.90. The molecule has 1 rings (SSSR count). The second kappa shape index (κ2) is 7.30. The number of anilines is 1. The maximum Gasteiger partial charge on any atom is 0.0359 e. The van der Waals surface area contributed by atoms with Gasteiger partial charge in [0, 0.05) is 25.3 Å². The van der Waals surface area contributed by atoms with Crippen molar-refractivity contribution in [2.45, 2.75) is 20.4 Å². The smallest absolute Gasteiger partial charge is 0.0359 e. The summed E-state index contributed by atoms with van der Waals surface area (Å²) in [6, 6.07) is 8.09. The van der Waals surface area contributed by atoms with E-state index in [-0.39, 0.29) is 0 Å². The quantitative estimate of drug-likeness (QED) is 0.734. The average molecular weight is 235 g/mol. The molecule has 0 aromatic heterocycles. The molecule has 3 heteroatoms. The molecule has 0 spiro atoms. The van der Waals surface area contributed by atoms with Crippen LogP contribution in [-0.2, 0) is 6.54 Å². The topological polar surface area (TPSA) is 32.5 Å². The van der Waals surface area contributed by atoms with Gasteiger partial charge in [0.15, 0.2) is 0 Å². The van der Waals surface area contributed by atoms with Crippen LogP contribution < -0.4 is 5.73 Å². The fourth-order valence-electron chi connectivity index (χ4n) is 1.90. The molecule has 96 valence electrons. The van der Waals surface area contributed by atoms with Crippen LogP contribution in [0.2, 0.25) is 0 Å². The zero-order valence-corrected chi connectivity index (χ0v) is 11.3. The minimum absolute atomic E-state index is 0.891. The van der Waals surface area contributed by atoms with E-state index >= 15 is 0 Å². The van der Waals surface area contributed by atoms with Crippen LogP contribution in [0.15, 0.2) is 24.3 Å². The number of nitrogen functional groups attached to an aromatic ring is 1. The Morgan fingerprint density at radius 2 is 1.71 bits per heavy atom. The molecule has 2 N–H and O–H groups in total. The van der Waals surface area contributed by atoms with Gasteiger partial charge in [-0.15, -0.1) is 0 Å². The van der Waals surface area contributed by atoms with Crippen molar-refractivity contribution >= 4 is 5.69 Å². The summed E-state index contributed by atoms with van der Waals surface area (Å²) in [4.78, 5) is 4.76. The third-order valence-electron chi connectivity index (χ3n) is 3.19. The van der Waals surface area contributed by atoms with Crippen molar-refractivity contribution in [2.24, 2.45) is 0 Å². The molecular formula is C14H25N3. The molecule has 0 saturated carbocycles. The normalized spacial score (nSPS) is 11.4. The molecule has 0 aliphatic carbocycles. The molecule has 1 aromatic carbocycles. The Kier molecular flexibility index (Phi) is 6.01. The molecule has 3 nitrogen and oxygen atoms in total. The minimum atomic E-state index is 0.891. The second-order valence-corrected chi connectivity index (χ2v) is 4.46. The maximum absolute atomic E-state index is 5.94. The van der Waals surface area contributed by atoms with Gasteiger partial charge in [0.25, 0.3) is 0 Å². The number of benzene rings is 1. The van der Waals surface area contributed by atoms with Crippen molar-refractivity contribution < 1.29 is 0 Å². The summed E-state index contributed by atoms with van der Waals surface area (Å²) < 4.78 is 0. The number of rotatable bonds is 7. The van der Waals surface area contributed by atoms with Gasteiger partial charge in [-0.05, 0) is 31.8 Å². The van der Waals surface area contributed by atoms with Crippen molar-refractivity contribution in [3.8, 4) is 0 Å². The Labute approximate surface area is 105 Å². The molecule has 0 aliphatic heterocycles. The Hall–Kier alpha value is -1.06. The van der Waals surface area contributed by atoms with Crippen molar-refractivity contribution in [3.63, 3.8) is 0 Å². The van der Waals surface area contributed by atoms with Gasteiger partial charge < -0.3 is 15.5 Å². The lowest BCUT2D eigenvalue weighted by molar-refractivity contribution is 0.237. The molecule has 0 fully saturated rings. The number of hydrogen-bond acceptors (Lipinski definition) is 3. The second-order valence-electron chi connectivity index (χ2n) is 4.46. The Morgan fingerprint density at radius 3 is 2.29 bits per heavy atom. The molecule has 0 unspecified atom stereocenters. The van der Waals surface area contributed by atoms with Crippen LogP contribution >= 0.6 is 0 Å². The summed E-state index contributed by atoms with van der Waals surface area (Å²) in [6.45, 7) is 9.78. The lowest BCUT2D eigenvalue weighted by atomic mass is 10.2. The monoisotopic (exact) mass is 235 g/mol. The van der Waals surface area contributed by atoms with Crippen molar-refractivity contribution in [1.82, 2.24) is 9.80 Å². The van der Waals surface area contributed by atoms with E-state index in [1.807, 2.05) is 18.2 Å². The van der Waals surface area contributed by atoms with Crippen LogP contribution in [0.5, 0.6) is 0 Å². The molecule has 0 saturated heterocycles. The van der Waals surface area contributed by atoms with Gasteiger partial charge in [-0.25, -0.2) is 0 Å². The van der Waals surface area contributed by atoms with Gasteiger partial charge in [0.1, 0.15) is 0 Å². The summed E-state index contributed by atoms with van der Waals surface area (Å²) >= 11 is 0. The predicted octanol–water partition coefficient (Wildman–Crippen LogP) is 2.04. The first-order valence-corrected chi connectivity index (χ1v) is 6.41.